The first-order valence-electron chi connectivity index (χ1n) is 18.4. The van der Waals surface area contributed by atoms with Crippen molar-refractivity contribution in [2.45, 2.75) is 200 Å². The van der Waals surface area contributed by atoms with Crippen LogP contribution in [0.25, 0.3) is 0 Å². The Morgan fingerprint density at radius 2 is 0.581 bits per heavy atom. The summed E-state index contributed by atoms with van der Waals surface area (Å²) in [7, 11) is -6.79. The summed E-state index contributed by atoms with van der Waals surface area (Å²) in [5.41, 5.74) is -5.65. The summed E-state index contributed by atoms with van der Waals surface area (Å²) >= 11 is 0. The predicted molar refractivity (Wildman–Crippen MR) is 185 cm³/mol. The first-order chi connectivity index (χ1) is 20.5. The minimum atomic E-state index is -6.09. The van der Waals surface area contributed by atoms with E-state index in [1.54, 1.807) is 50.3 Å². The van der Waals surface area contributed by atoms with Crippen LogP contribution in [-0.2, 0) is 10.1 Å². The molecule has 0 aromatic carbocycles. The molecule has 0 atom stereocenters. The lowest BCUT2D eigenvalue weighted by molar-refractivity contribution is -0.0517. The molecule has 0 aromatic rings. The van der Waals surface area contributed by atoms with Crippen LogP contribution in [-0.4, -0.2) is 43.1 Å². The lowest BCUT2D eigenvalue weighted by atomic mass is 10.0. The third-order valence-corrected chi connectivity index (χ3v) is 14.4. The van der Waals surface area contributed by atoms with Crippen LogP contribution in [0, 0.1) is 0 Å². The van der Waals surface area contributed by atoms with Crippen molar-refractivity contribution in [2.24, 2.45) is 0 Å². The second kappa shape index (κ2) is 30.8. The highest BCUT2D eigenvalue weighted by Gasteiger charge is 2.37. The normalized spacial score (nSPS) is 12.4. The molecule has 8 heteroatoms. The highest BCUT2D eigenvalue weighted by Crippen LogP contribution is 2.61. The van der Waals surface area contributed by atoms with Gasteiger partial charge in [0, 0.05) is 7.26 Å². The van der Waals surface area contributed by atoms with Crippen molar-refractivity contribution in [3.05, 3.63) is 0 Å². The molecule has 262 valence electrons. The standard InChI is InChI=1S/C34H72P.CHF3O3S/c1-5-9-13-17-18-19-20-21-22-23-24-25-26-30-34-35(31-27-14-10-6-2,32-28-15-11-7-3)33-29-16-12-8-4;2-1(3,4)8(5,6)7/h5-34H2,1-4H3;(H,5,6,7)/q+1;/p-1. The van der Waals surface area contributed by atoms with E-state index < -0.39 is 22.9 Å². The van der Waals surface area contributed by atoms with Crippen LogP contribution in [0.2, 0.25) is 0 Å². The highest BCUT2D eigenvalue weighted by molar-refractivity contribution is 7.86. The molecule has 3 nitrogen and oxygen atoms in total. The first kappa shape index (κ1) is 45.3. The number of hydrogen-bond acceptors (Lipinski definition) is 3. The Hall–Kier alpha value is 0.130. The minimum Gasteiger partial charge on any atom is -0.741 e. The zero-order valence-electron chi connectivity index (χ0n) is 28.9. The van der Waals surface area contributed by atoms with E-state index in [0.717, 1.165) is 0 Å². The second-order valence-corrected chi connectivity index (χ2v) is 18.8. The lowest BCUT2D eigenvalue weighted by Gasteiger charge is -2.28. The van der Waals surface area contributed by atoms with Gasteiger partial charge >= 0.3 is 5.51 Å². The Labute approximate surface area is 267 Å². The summed E-state index contributed by atoms with van der Waals surface area (Å²) in [4.78, 5) is 0. The van der Waals surface area contributed by atoms with Gasteiger partial charge in [0.15, 0.2) is 10.1 Å². The van der Waals surface area contributed by atoms with E-state index in [1.165, 1.54) is 141 Å². The number of hydrogen-bond donors (Lipinski definition) is 0. The number of unbranched alkanes of at least 4 members (excludes halogenated alkanes) is 22. The van der Waals surface area contributed by atoms with Crippen molar-refractivity contribution < 1.29 is 26.1 Å². The molecule has 0 unspecified atom stereocenters. The third kappa shape index (κ3) is 30.5. The summed E-state index contributed by atoms with van der Waals surface area (Å²) in [6.07, 6.45) is 45.1. The van der Waals surface area contributed by atoms with Crippen LogP contribution in [0.3, 0.4) is 0 Å². The maximum absolute atomic E-state index is 10.7. The molecule has 0 aliphatic rings. The molecule has 0 saturated carbocycles. The van der Waals surface area contributed by atoms with Crippen LogP contribution in [0.15, 0.2) is 0 Å². The molecule has 43 heavy (non-hydrogen) atoms. The molecule has 0 aromatic heterocycles. The van der Waals surface area contributed by atoms with Gasteiger partial charge in [0.05, 0.1) is 24.6 Å². The van der Waals surface area contributed by atoms with Crippen molar-refractivity contribution in [1.82, 2.24) is 0 Å². The summed E-state index contributed by atoms with van der Waals surface area (Å²) < 4.78 is 58.9. The summed E-state index contributed by atoms with van der Waals surface area (Å²) in [5, 5.41) is 0. The summed E-state index contributed by atoms with van der Waals surface area (Å²) in [5.74, 6) is 0. The van der Waals surface area contributed by atoms with E-state index in [2.05, 4.69) is 27.7 Å². The van der Waals surface area contributed by atoms with E-state index in [4.69, 9.17) is 13.0 Å². The highest BCUT2D eigenvalue weighted by atomic mass is 32.2. The van der Waals surface area contributed by atoms with Gasteiger partial charge in [-0.15, -0.1) is 0 Å². The van der Waals surface area contributed by atoms with Crippen LogP contribution < -0.4 is 0 Å². The Kier molecular flexibility index (Phi) is 32.4. The average Bonchev–Trinajstić information content (AvgIpc) is 2.95. The molecular weight excluding hydrogens is 588 g/mol. The fourth-order valence-corrected chi connectivity index (χ4v) is 10.9. The van der Waals surface area contributed by atoms with Gasteiger partial charge in [-0.3, -0.25) is 0 Å². The molecule has 0 fully saturated rings. The lowest BCUT2D eigenvalue weighted by Crippen LogP contribution is -2.21. The maximum atomic E-state index is 10.7. The average molecular weight is 661 g/mol. The van der Waals surface area contributed by atoms with Gasteiger partial charge < -0.3 is 4.55 Å². The summed E-state index contributed by atoms with van der Waals surface area (Å²) in [6, 6.07) is 0. The van der Waals surface area contributed by atoms with Gasteiger partial charge in [-0.25, -0.2) is 8.42 Å². The molecule has 0 radical (unpaired) electrons. The Morgan fingerprint density at radius 1 is 0.419 bits per heavy atom. The van der Waals surface area contributed by atoms with Crippen LogP contribution in [0.5, 0.6) is 0 Å². The molecule has 0 saturated heterocycles. The molecular formula is C35H72F3O3PS. The van der Waals surface area contributed by atoms with Gasteiger partial charge in [0.1, 0.15) is 0 Å². The van der Waals surface area contributed by atoms with Crippen molar-refractivity contribution in [2.75, 3.05) is 24.6 Å². The van der Waals surface area contributed by atoms with Crippen LogP contribution >= 0.6 is 7.26 Å². The first-order valence-corrected chi connectivity index (χ1v) is 22.3. The van der Waals surface area contributed by atoms with Crippen molar-refractivity contribution >= 4 is 17.4 Å². The molecule has 0 heterocycles. The molecule has 0 spiro atoms. The Balaban J connectivity index is 0. The fraction of sp³-hybridized carbons (Fsp3) is 1.00. The number of alkyl halides is 3. The van der Waals surface area contributed by atoms with Crippen molar-refractivity contribution in [3.8, 4) is 0 Å². The molecule has 0 aliphatic heterocycles. The predicted octanol–water partition coefficient (Wildman–Crippen LogP) is 13.3. The molecule has 0 amide bonds. The van der Waals surface area contributed by atoms with Gasteiger partial charge in [0.25, 0.3) is 0 Å². The summed E-state index contributed by atoms with van der Waals surface area (Å²) in [6.45, 7) is 9.42. The van der Waals surface area contributed by atoms with Crippen LogP contribution in [0.1, 0.15) is 195 Å². The van der Waals surface area contributed by atoms with Gasteiger partial charge in [-0.2, -0.15) is 13.2 Å². The van der Waals surface area contributed by atoms with E-state index in [1.807, 2.05) is 0 Å². The molecule has 0 aliphatic carbocycles. The van der Waals surface area contributed by atoms with E-state index >= 15 is 0 Å². The topological polar surface area (TPSA) is 57.2 Å². The van der Waals surface area contributed by atoms with Gasteiger partial charge in [-0.05, 0) is 51.4 Å². The number of rotatable bonds is 30. The zero-order chi connectivity index (χ0) is 32.7. The monoisotopic (exact) mass is 660 g/mol. The van der Waals surface area contributed by atoms with Crippen LogP contribution in [0.4, 0.5) is 13.2 Å². The Morgan fingerprint density at radius 3 is 0.767 bits per heavy atom. The third-order valence-electron chi connectivity index (χ3n) is 8.73. The van der Waals surface area contributed by atoms with Crippen molar-refractivity contribution in [3.63, 3.8) is 0 Å². The van der Waals surface area contributed by atoms with Gasteiger partial charge in [-0.1, -0.05) is 143 Å². The number of halogens is 3. The smallest absolute Gasteiger partial charge is 0.485 e. The molecule has 0 bridgehead atoms. The van der Waals surface area contributed by atoms with E-state index in [-0.39, 0.29) is 0 Å². The molecule has 0 rings (SSSR count). The SMILES string of the molecule is CCCCCCCCCCCCCCCC[P+](CCCCCC)(CCCCCC)CCCCCC.O=S(=O)([O-])C(F)(F)F. The minimum absolute atomic E-state index is 0.701. The maximum Gasteiger partial charge on any atom is 0.485 e. The zero-order valence-corrected chi connectivity index (χ0v) is 30.6. The quantitative estimate of drug-likeness (QED) is 0.0333. The van der Waals surface area contributed by atoms with E-state index in [9.17, 15) is 13.2 Å². The Bertz CT molecular complexity index is 640. The fourth-order valence-electron chi connectivity index (χ4n) is 5.93. The van der Waals surface area contributed by atoms with Gasteiger partial charge in [0.2, 0.25) is 0 Å². The van der Waals surface area contributed by atoms with Crippen molar-refractivity contribution in [1.29, 1.82) is 0 Å². The largest absolute Gasteiger partial charge is 0.741 e. The van der Waals surface area contributed by atoms with E-state index in [0.29, 0.717) is 0 Å². The second-order valence-electron chi connectivity index (χ2n) is 12.9. The molecule has 0 N–H and O–H groups in total.